The molecule has 2 rings (SSSR count). The summed E-state index contributed by atoms with van der Waals surface area (Å²) in [7, 11) is -3.11. The molecule has 0 aromatic carbocycles. The molecule has 2 aliphatic rings. The van der Waals surface area contributed by atoms with Gasteiger partial charge in [-0.3, -0.25) is 0 Å². The summed E-state index contributed by atoms with van der Waals surface area (Å²) in [6.45, 7) is 4.36. The van der Waals surface area contributed by atoms with E-state index in [-0.39, 0.29) is 17.9 Å². The van der Waals surface area contributed by atoms with Crippen LogP contribution in [-0.4, -0.2) is 56.9 Å². The fourth-order valence-electron chi connectivity index (χ4n) is 2.30. The zero-order chi connectivity index (χ0) is 11.6. The van der Waals surface area contributed by atoms with Gasteiger partial charge in [-0.15, -0.1) is 0 Å². The molecule has 0 aromatic heterocycles. The van der Waals surface area contributed by atoms with Crippen molar-refractivity contribution in [2.24, 2.45) is 0 Å². The van der Waals surface area contributed by atoms with Crippen molar-refractivity contribution in [1.82, 2.24) is 9.62 Å². The fourth-order valence-corrected chi connectivity index (χ4v) is 4.09. The Morgan fingerprint density at radius 1 is 1.50 bits per heavy atom. The minimum atomic E-state index is -3.11. The average Bonchev–Trinajstić information content (AvgIpc) is 2.70. The molecular formula is C10H20N2O3S. The first-order valence-electron chi connectivity index (χ1n) is 5.91. The van der Waals surface area contributed by atoms with Crippen LogP contribution in [-0.2, 0) is 14.8 Å². The second-order valence-electron chi connectivity index (χ2n) is 4.61. The van der Waals surface area contributed by atoms with E-state index in [1.807, 2.05) is 6.92 Å². The van der Waals surface area contributed by atoms with Crippen LogP contribution in [0.2, 0.25) is 0 Å². The molecule has 0 saturated carbocycles. The normalized spacial score (nSPS) is 33.1. The van der Waals surface area contributed by atoms with Crippen molar-refractivity contribution in [3.05, 3.63) is 0 Å². The molecule has 2 fully saturated rings. The van der Waals surface area contributed by atoms with Gasteiger partial charge >= 0.3 is 0 Å². The number of nitrogens with zero attached hydrogens (tertiary/aromatic N) is 1. The van der Waals surface area contributed by atoms with E-state index in [1.54, 1.807) is 4.31 Å². The van der Waals surface area contributed by atoms with E-state index in [0.717, 1.165) is 19.4 Å². The number of ether oxygens (including phenoxy) is 1. The molecule has 0 aliphatic carbocycles. The second kappa shape index (κ2) is 5.00. The maximum absolute atomic E-state index is 12.1. The van der Waals surface area contributed by atoms with Crippen LogP contribution >= 0.6 is 0 Å². The number of hydrogen-bond acceptors (Lipinski definition) is 4. The van der Waals surface area contributed by atoms with Crippen LogP contribution in [0.1, 0.15) is 19.8 Å². The highest BCUT2D eigenvalue weighted by molar-refractivity contribution is 7.89. The van der Waals surface area contributed by atoms with Gasteiger partial charge in [0.2, 0.25) is 10.0 Å². The second-order valence-corrected chi connectivity index (χ2v) is 6.62. The highest BCUT2D eigenvalue weighted by Crippen LogP contribution is 2.14. The minimum Gasteiger partial charge on any atom is -0.376 e. The summed E-state index contributed by atoms with van der Waals surface area (Å²) >= 11 is 0. The molecule has 6 heteroatoms. The Morgan fingerprint density at radius 3 is 2.94 bits per heavy atom. The third kappa shape index (κ3) is 2.94. The van der Waals surface area contributed by atoms with Crippen molar-refractivity contribution < 1.29 is 13.2 Å². The minimum absolute atomic E-state index is 0.0139. The molecule has 0 amide bonds. The van der Waals surface area contributed by atoms with Gasteiger partial charge in [-0.2, -0.15) is 4.31 Å². The maximum Gasteiger partial charge on any atom is 0.215 e. The zero-order valence-electron chi connectivity index (χ0n) is 9.68. The highest BCUT2D eigenvalue weighted by Gasteiger charge is 2.30. The van der Waals surface area contributed by atoms with Crippen molar-refractivity contribution in [2.75, 3.05) is 32.0 Å². The monoisotopic (exact) mass is 248 g/mol. The van der Waals surface area contributed by atoms with Gasteiger partial charge in [-0.05, 0) is 26.3 Å². The van der Waals surface area contributed by atoms with Crippen molar-refractivity contribution in [1.29, 1.82) is 0 Å². The molecule has 5 nitrogen and oxygen atoms in total. The lowest BCUT2D eigenvalue weighted by molar-refractivity contribution is 0.0101. The van der Waals surface area contributed by atoms with Crippen molar-refractivity contribution >= 4 is 10.0 Å². The molecule has 94 valence electrons. The summed E-state index contributed by atoms with van der Waals surface area (Å²) in [5, 5.41) is 3.23. The number of morpholine rings is 1. The van der Waals surface area contributed by atoms with Gasteiger partial charge in [-0.1, -0.05) is 0 Å². The topological polar surface area (TPSA) is 58.6 Å². The summed E-state index contributed by atoms with van der Waals surface area (Å²) in [5.74, 6) is 0.236. The number of hydrogen-bond donors (Lipinski definition) is 1. The molecule has 2 unspecified atom stereocenters. The van der Waals surface area contributed by atoms with E-state index in [4.69, 9.17) is 4.74 Å². The quantitative estimate of drug-likeness (QED) is 0.751. The number of nitrogens with one attached hydrogen (secondary N) is 1. The number of sulfonamides is 1. The van der Waals surface area contributed by atoms with Crippen molar-refractivity contribution in [3.63, 3.8) is 0 Å². The molecule has 2 atom stereocenters. The summed E-state index contributed by atoms with van der Waals surface area (Å²) in [5.41, 5.74) is 0. The Balaban J connectivity index is 1.94. The Hall–Kier alpha value is -0.170. The van der Waals surface area contributed by atoms with Crippen LogP contribution in [0.15, 0.2) is 0 Å². The lowest BCUT2D eigenvalue weighted by Crippen LogP contribution is -2.47. The molecule has 0 spiro atoms. The van der Waals surface area contributed by atoms with E-state index < -0.39 is 10.0 Å². The van der Waals surface area contributed by atoms with Gasteiger partial charge in [-0.25, -0.2) is 8.42 Å². The van der Waals surface area contributed by atoms with Gasteiger partial charge in [0, 0.05) is 19.1 Å². The van der Waals surface area contributed by atoms with Gasteiger partial charge < -0.3 is 10.1 Å². The molecule has 0 aromatic rings. The molecule has 0 radical (unpaired) electrons. The Morgan fingerprint density at radius 2 is 2.31 bits per heavy atom. The lowest BCUT2D eigenvalue weighted by Gasteiger charge is -2.31. The Bertz CT molecular complexity index is 325. The van der Waals surface area contributed by atoms with E-state index in [2.05, 4.69) is 5.32 Å². The molecule has 2 heterocycles. The maximum atomic E-state index is 12.1. The van der Waals surface area contributed by atoms with Crippen LogP contribution in [0.3, 0.4) is 0 Å². The van der Waals surface area contributed by atoms with Crippen LogP contribution in [0.5, 0.6) is 0 Å². The van der Waals surface area contributed by atoms with E-state index in [9.17, 15) is 8.42 Å². The smallest absolute Gasteiger partial charge is 0.215 e. The third-order valence-electron chi connectivity index (χ3n) is 3.17. The Kier molecular flexibility index (Phi) is 3.84. The predicted molar refractivity (Wildman–Crippen MR) is 61.8 cm³/mol. The molecule has 1 N–H and O–H groups in total. The first kappa shape index (κ1) is 12.3. The summed E-state index contributed by atoms with van der Waals surface area (Å²) in [4.78, 5) is 0. The summed E-state index contributed by atoms with van der Waals surface area (Å²) < 4.78 is 31.2. The van der Waals surface area contributed by atoms with Gasteiger partial charge in [0.15, 0.2) is 0 Å². The molecule has 0 bridgehead atoms. The SMILES string of the molecule is CC1CN(S(=O)(=O)CC2CCCN2)CCO1. The summed E-state index contributed by atoms with van der Waals surface area (Å²) in [6.07, 6.45) is 2.07. The highest BCUT2D eigenvalue weighted by atomic mass is 32.2. The van der Waals surface area contributed by atoms with Gasteiger partial charge in [0.25, 0.3) is 0 Å². The van der Waals surface area contributed by atoms with Gasteiger partial charge in [0.05, 0.1) is 18.5 Å². The zero-order valence-corrected chi connectivity index (χ0v) is 10.5. The van der Waals surface area contributed by atoms with Crippen LogP contribution in [0.4, 0.5) is 0 Å². The van der Waals surface area contributed by atoms with Crippen molar-refractivity contribution in [2.45, 2.75) is 31.9 Å². The van der Waals surface area contributed by atoms with Gasteiger partial charge in [0.1, 0.15) is 0 Å². The molecule has 2 saturated heterocycles. The standard InChI is InChI=1S/C10H20N2O3S/c1-9-7-12(5-6-15-9)16(13,14)8-10-3-2-4-11-10/h9-11H,2-8H2,1H3. The Labute approximate surface area is 97.2 Å². The lowest BCUT2D eigenvalue weighted by atomic mass is 10.3. The summed E-state index contributed by atoms with van der Waals surface area (Å²) in [6, 6.07) is 0.142. The number of rotatable bonds is 3. The largest absolute Gasteiger partial charge is 0.376 e. The van der Waals surface area contributed by atoms with E-state index >= 15 is 0 Å². The first-order chi connectivity index (χ1) is 7.58. The average molecular weight is 248 g/mol. The van der Waals surface area contributed by atoms with E-state index in [1.165, 1.54) is 0 Å². The molecule has 16 heavy (non-hydrogen) atoms. The van der Waals surface area contributed by atoms with Crippen LogP contribution in [0, 0.1) is 0 Å². The van der Waals surface area contributed by atoms with Crippen LogP contribution in [0.25, 0.3) is 0 Å². The molecular weight excluding hydrogens is 228 g/mol. The first-order valence-corrected chi connectivity index (χ1v) is 7.51. The van der Waals surface area contributed by atoms with Crippen molar-refractivity contribution in [3.8, 4) is 0 Å². The third-order valence-corrected chi connectivity index (χ3v) is 5.11. The fraction of sp³-hybridized carbons (Fsp3) is 1.00. The van der Waals surface area contributed by atoms with E-state index in [0.29, 0.717) is 19.7 Å². The van der Waals surface area contributed by atoms with Crippen LogP contribution < -0.4 is 5.32 Å². The molecule has 2 aliphatic heterocycles. The predicted octanol–water partition coefficient (Wildman–Crippen LogP) is -0.211.